The highest BCUT2D eigenvalue weighted by molar-refractivity contribution is 8.00. The van der Waals surface area contributed by atoms with Gasteiger partial charge in [0.15, 0.2) is 0 Å². The van der Waals surface area contributed by atoms with Crippen LogP contribution in [0.15, 0.2) is 29.2 Å². The zero-order chi connectivity index (χ0) is 23.1. The summed E-state index contributed by atoms with van der Waals surface area (Å²) in [6, 6.07) is 7.46. The Labute approximate surface area is 197 Å². The van der Waals surface area contributed by atoms with Gasteiger partial charge in [0, 0.05) is 21.9 Å². The van der Waals surface area contributed by atoms with Gasteiger partial charge in [-0.05, 0) is 62.3 Å². The Kier molecular flexibility index (Phi) is 8.75. The van der Waals surface area contributed by atoms with Crippen LogP contribution in [0, 0.1) is 5.92 Å². The topological polar surface area (TPSA) is 84.5 Å². The van der Waals surface area contributed by atoms with E-state index in [2.05, 4.69) is 17.6 Å². The molecular weight excluding hydrogens is 444 g/mol. The van der Waals surface area contributed by atoms with Crippen molar-refractivity contribution in [2.45, 2.75) is 57.8 Å². The van der Waals surface area contributed by atoms with E-state index >= 15 is 0 Å². The van der Waals surface area contributed by atoms with Crippen molar-refractivity contribution < 1.29 is 19.1 Å². The van der Waals surface area contributed by atoms with Crippen LogP contribution in [0.2, 0.25) is 0 Å². The van der Waals surface area contributed by atoms with Crippen LogP contribution in [0.25, 0.3) is 0 Å². The number of amides is 2. The smallest absolute Gasteiger partial charge is 0.341 e. The fourth-order valence-corrected chi connectivity index (χ4v) is 5.85. The molecule has 6 nitrogen and oxygen atoms in total. The molecule has 8 heteroatoms. The second kappa shape index (κ2) is 11.5. The maximum absolute atomic E-state index is 12.7. The molecule has 1 aliphatic carbocycles. The number of thioether (sulfide) groups is 1. The molecular formula is C24H30N2O4S2. The van der Waals surface area contributed by atoms with Crippen LogP contribution in [-0.2, 0) is 27.2 Å². The number of fused-ring (bicyclic) bond motifs is 1. The number of carbonyl (C=O) groups excluding carboxylic acids is 3. The fourth-order valence-electron chi connectivity index (χ4n) is 3.68. The van der Waals surface area contributed by atoms with Gasteiger partial charge in [0.1, 0.15) is 5.00 Å². The maximum atomic E-state index is 12.7. The van der Waals surface area contributed by atoms with E-state index in [0.29, 0.717) is 29.5 Å². The minimum atomic E-state index is -0.363. The first-order valence-corrected chi connectivity index (χ1v) is 12.9. The van der Waals surface area contributed by atoms with Gasteiger partial charge in [-0.25, -0.2) is 4.79 Å². The quantitative estimate of drug-likeness (QED) is 0.369. The molecule has 0 spiro atoms. The summed E-state index contributed by atoms with van der Waals surface area (Å²) in [5, 5.41) is 6.41. The Hall–Kier alpha value is -2.32. The van der Waals surface area contributed by atoms with Crippen molar-refractivity contribution >= 4 is 51.6 Å². The molecule has 2 N–H and O–H groups in total. The van der Waals surface area contributed by atoms with E-state index in [1.54, 1.807) is 6.92 Å². The van der Waals surface area contributed by atoms with Crippen LogP contribution in [0.5, 0.6) is 0 Å². The van der Waals surface area contributed by atoms with Gasteiger partial charge in [-0.1, -0.05) is 19.9 Å². The van der Waals surface area contributed by atoms with Crippen LogP contribution in [0.3, 0.4) is 0 Å². The van der Waals surface area contributed by atoms with Crippen molar-refractivity contribution in [3.05, 3.63) is 40.3 Å². The number of hydrogen-bond donors (Lipinski definition) is 2. The average Bonchev–Trinajstić information content (AvgIpc) is 3.09. The molecule has 0 fully saturated rings. The number of benzene rings is 1. The van der Waals surface area contributed by atoms with Gasteiger partial charge in [0.25, 0.3) is 0 Å². The molecule has 0 saturated heterocycles. The van der Waals surface area contributed by atoms with E-state index < -0.39 is 0 Å². The van der Waals surface area contributed by atoms with Crippen LogP contribution < -0.4 is 10.6 Å². The SMILES string of the molecule is CCCC(=O)Nc1cccc(SCC(=O)Nc2sc3c(c2C(=O)OCC)CCC(C)C3)c1. The summed E-state index contributed by atoms with van der Waals surface area (Å²) in [4.78, 5) is 39.2. The van der Waals surface area contributed by atoms with Crippen molar-refractivity contribution in [2.24, 2.45) is 5.92 Å². The predicted molar refractivity (Wildman–Crippen MR) is 131 cm³/mol. The summed E-state index contributed by atoms with van der Waals surface area (Å²) >= 11 is 2.88. The van der Waals surface area contributed by atoms with Gasteiger partial charge in [-0.15, -0.1) is 23.1 Å². The highest BCUT2D eigenvalue weighted by atomic mass is 32.2. The Morgan fingerprint density at radius 1 is 1.19 bits per heavy atom. The van der Waals surface area contributed by atoms with Gasteiger partial charge < -0.3 is 15.4 Å². The first kappa shape index (κ1) is 24.3. The van der Waals surface area contributed by atoms with Crippen molar-refractivity contribution in [2.75, 3.05) is 23.0 Å². The molecule has 1 aliphatic rings. The molecule has 1 unspecified atom stereocenters. The number of rotatable bonds is 9. The molecule has 1 atom stereocenters. The van der Waals surface area contributed by atoms with Crippen LogP contribution in [0.1, 0.15) is 60.8 Å². The number of anilines is 2. The van der Waals surface area contributed by atoms with E-state index in [1.165, 1.54) is 28.0 Å². The molecule has 1 aromatic heterocycles. The molecule has 1 heterocycles. The minimum absolute atomic E-state index is 0.0186. The normalized spacial score (nSPS) is 15.0. The third-order valence-electron chi connectivity index (χ3n) is 5.21. The number of esters is 1. The summed E-state index contributed by atoms with van der Waals surface area (Å²) in [7, 11) is 0. The zero-order valence-corrected chi connectivity index (χ0v) is 20.4. The lowest BCUT2D eigenvalue weighted by atomic mass is 9.88. The van der Waals surface area contributed by atoms with Gasteiger partial charge in [0.2, 0.25) is 11.8 Å². The number of thiophene rings is 1. The molecule has 0 aliphatic heterocycles. The van der Waals surface area contributed by atoms with Crippen molar-refractivity contribution in [3.63, 3.8) is 0 Å². The number of hydrogen-bond acceptors (Lipinski definition) is 6. The fraction of sp³-hybridized carbons (Fsp3) is 0.458. The summed E-state index contributed by atoms with van der Waals surface area (Å²) in [6.45, 7) is 6.25. The van der Waals surface area contributed by atoms with E-state index in [-0.39, 0.29) is 23.5 Å². The Balaban J connectivity index is 1.66. The predicted octanol–water partition coefficient (Wildman–Crippen LogP) is 5.52. The lowest BCUT2D eigenvalue weighted by Crippen LogP contribution is -2.17. The Morgan fingerprint density at radius 2 is 2.00 bits per heavy atom. The first-order valence-electron chi connectivity index (χ1n) is 11.0. The molecule has 172 valence electrons. The standard InChI is InChI=1S/C24H30N2O4S2/c1-4-7-20(27)25-16-8-6-9-17(13-16)31-14-21(28)26-23-22(24(29)30-5-2)18-11-10-15(3)12-19(18)32-23/h6,8-9,13,15H,4-5,7,10-12,14H2,1-3H3,(H,25,27)(H,26,28). The molecule has 1 aromatic carbocycles. The number of ether oxygens (including phenoxy) is 1. The summed E-state index contributed by atoms with van der Waals surface area (Å²) < 4.78 is 5.27. The third kappa shape index (κ3) is 6.36. The first-order chi connectivity index (χ1) is 15.4. The minimum Gasteiger partial charge on any atom is -0.462 e. The molecule has 2 aromatic rings. The highest BCUT2D eigenvalue weighted by Gasteiger charge is 2.29. The second-order valence-corrected chi connectivity index (χ2v) is 10.1. The Morgan fingerprint density at radius 3 is 2.75 bits per heavy atom. The molecule has 0 saturated carbocycles. The lowest BCUT2D eigenvalue weighted by Gasteiger charge is -2.18. The van der Waals surface area contributed by atoms with Gasteiger partial charge >= 0.3 is 5.97 Å². The largest absolute Gasteiger partial charge is 0.462 e. The summed E-state index contributed by atoms with van der Waals surface area (Å²) in [5.74, 6) is 0.217. The van der Waals surface area contributed by atoms with Crippen LogP contribution >= 0.6 is 23.1 Å². The monoisotopic (exact) mass is 474 g/mol. The second-order valence-electron chi connectivity index (χ2n) is 7.94. The third-order valence-corrected chi connectivity index (χ3v) is 7.37. The summed E-state index contributed by atoms with van der Waals surface area (Å²) in [5.41, 5.74) is 2.28. The van der Waals surface area contributed by atoms with Crippen molar-refractivity contribution in [1.29, 1.82) is 0 Å². The summed E-state index contributed by atoms with van der Waals surface area (Å²) in [6.07, 6.45) is 4.06. The van der Waals surface area contributed by atoms with E-state index in [4.69, 9.17) is 4.74 Å². The van der Waals surface area contributed by atoms with Gasteiger partial charge in [0.05, 0.1) is 17.9 Å². The molecule has 2 amide bonds. The van der Waals surface area contributed by atoms with E-state index in [1.807, 2.05) is 31.2 Å². The average molecular weight is 475 g/mol. The van der Waals surface area contributed by atoms with Crippen LogP contribution in [-0.4, -0.2) is 30.1 Å². The van der Waals surface area contributed by atoms with Crippen LogP contribution in [0.4, 0.5) is 10.7 Å². The number of nitrogens with one attached hydrogen (secondary N) is 2. The molecule has 32 heavy (non-hydrogen) atoms. The zero-order valence-electron chi connectivity index (χ0n) is 18.8. The Bertz CT molecular complexity index is 986. The molecule has 0 bridgehead atoms. The molecule has 3 rings (SSSR count). The highest BCUT2D eigenvalue weighted by Crippen LogP contribution is 2.40. The lowest BCUT2D eigenvalue weighted by molar-refractivity contribution is -0.116. The van der Waals surface area contributed by atoms with Gasteiger partial charge in [-0.2, -0.15) is 0 Å². The van der Waals surface area contributed by atoms with Crippen molar-refractivity contribution in [3.8, 4) is 0 Å². The van der Waals surface area contributed by atoms with E-state index in [9.17, 15) is 14.4 Å². The maximum Gasteiger partial charge on any atom is 0.341 e. The van der Waals surface area contributed by atoms with Crippen molar-refractivity contribution in [1.82, 2.24) is 0 Å². The molecule has 0 radical (unpaired) electrons. The van der Waals surface area contributed by atoms with E-state index in [0.717, 1.165) is 41.8 Å². The van der Waals surface area contributed by atoms with Gasteiger partial charge in [-0.3, -0.25) is 9.59 Å². The number of carbonyl (C=O) groups is 3.